The van der Waals surface area contributed by atoms with Crippen molar-refractivity contribution < 1.29 is 9.53 Å². The highest BCUT2D eigenvalue weighted by Gasteiger charge is 2.12. The Kier molecular flexibility index (Phi) is 5.68. The largest absolute Gasteiger partial charge is 0.484 e. The molecule has 2 aromatic carbocycles. The molecule has 0 unspecified atom stereocenters. The van der Waals surface area contributed by atoms with Crippen LogP contribution in [-0.4, -0.2) is 17.5 Å². The summed E-state index contributed by atoms with van der Waals surface area (Å²) in [6, 6.07) is 17.0. The van der Waals surface area contributed by atoms with Gasteiger partial charge in [0.2, 0.25) is 0 Å². The molecular formula is C19H17ClN2O2S. The van der Waals surface area contributed by atoms with Crippen LogP contribution in [0.4, 0.5) is 5.13 Å². The average molecular weight is 373 g/mol. The molecule has 6 heteroatoms. The number of hydrogen-bond donors (Lipinski definition) is 1. The molecule has 0 aliphatic heterocycles. The van der Waals surface area contributed by atoms with Crippen LogP contribution < -0.4 is 10.1 Å². The van der Waals surface area contributed by atoms with Gasteiger partial charge in [-0.2, -0.15) is 0 Å². The summed E-state index contributed by atoms with van der Waals surface area (Å²) in [5, 5.41) is 4.09. The van der Waals surface area contributed by atoms with Gasteiger partial charge in [0.05, 0.1) is 5.69 Å². The van der Waals surface area contributed by atoms with Gasteiger partial charge in [-0.1, -0.05) is 48.0 Å². The van der Waals surface area contributed by atoms with E-state index < -0.39 is 0 Å². The summed E-state index contributed by atoms with van der Waals surface area (Å²) in [6.45, 7) is 1.88. The van der Waals surface area contributed by atoms with Crippen LogP contribution in [0.3, 0.4) is 0 Å². The second-order valence-electron chi connectivity index (χ2n) is 5.45. The van der Waals surface area contributed by atoms with Crippen LogP contribution in [0.15, 0.2) is 54.6 Å². The highest BCUT2D eigenvalue weighted by molar-refractivity contribution is 7.15. The van der Waals surface area contributed by atoms with E-state index in [9.17, 15) is 4.79 Å². The molecule has 3 aromatic rings. The second-order valence-corrected chi connectivity index (χ2v) is 6.94. The summed E-state index contributed by atoms with van der Waals surface area (Å²) < 4.78 is 5.44. The topological polar surface area (TPSA) is 51.2 Å². The second kappa shape index (κ2) is 8.14. The zero-order valence-electron chi connectivity index (χ0n) is 13.7. The standard InChI is InChI=1S/C19H17ClN2O2S/c1-13-17(11-14-7-5-6-10-16(14)20)25-19(21-13)22-18(23)12-24-15-8-3-2-4-9-15/h2-10H,11-12H2,1H3,(H,21,22,23). The van der Waals surface area contributed by atoms with Gasteiger partial charge in [-0.3, -0.25) is 10.1 Å². The number of halogens is 1. The van der Waals surface area contributed by atoms with E-state index in [-0.39, 0.29) is 12.5 Å². The molecule has 1 amide bonds. The fourth-order valence-corrected chi connectivity index (χ4v) is 3.49. The Labute approximate surface area is 155 Å². The van der Waals surface area contributed by atoms with Crippen LogP contribution in [0.2, 0.25) is 5.02 Å². The SMILES string of the molecule is Cc1nc(NC(=O)COc2ccccc2)sc1Cc1ccccc1Cl. The normalized spacial score (nSPS) is 10.5. The van der Waals surface area contributed by atoms with Crippen molar-refractivity contribution in [3.05, 3.63) is 75.8 Å². The van der Waals surface area contributed by atoms with Crippen LogP contribution in [0.5, 0.6) is 5.75 Å². The average Bonchev–Trinajstić information content (AvgIpc) is 2.95. The predicted molar refractivity (Wildman–Crippen MR) is 102 cm³/mol. The van der Waals surface area contributed by atoms with Gasteiger partial charge >= 0.3 is 0 Å². The van der Waals surface area contributed by atoms with E-state index >= 15 is 0 Å². The Hall–Kier alpha value is -2.37. The summed E-state index contributed by atoms with van der Waals surface area (Å²) >= 11 is 7.67. The molecule has 0 aliphatic carbocycles. The minimum absolute atomic E-state index is 0.0531. The lowest BCUT2D eigenvalue weighted by Crippen LogP contribution is -2.20. The zero-order valence-corrected chi connectivity index (χ0v) is 15.2. The van der Waals surface area contributed by atoms with E-state index in [1.807, 2.05) is 61.5 Å². The number of benzene rings is 2. The maximum Gasteiger partial charge on any atom is 0.264 e. The van der Waals surface area contributed by atoms with Gasteiger partial charge in [-0.15, -0.1) is 11.3 Å². The number of nitrogens with zero attached hydrogens (tertiary/aromatic N) is 1. The smallest absolute Gasteiger partial charge is 0.264 e. The first-order valence-electron chi connectivity index (χ1n) is 7.79. The summed E-state index contributed by atoms with van der Waals surface area (Å²) in [6.07, 6.45) is 0.694. The molecule has 4 nitrogen and oxygen atoms in total. The van der Waals surface area contributed by atoms with Crippen LogP contribution in [0.25, 0.3) is 0 Å². The fourth-order valence-electron chi connectivity index (χ4n) is 2.28. The number of nitrogens with one attached hydrogen (secondary N) is 1. The summed E-state index contributed by atoms with van der Waals surface area (Å²) in [7, 11) is 0. The Morgan fingerprint density at radius 1 is 1.16 bits per heavy atom. The Morgan fingerprint density at radius 3 is 2.64 bits per heavy atom. The van der Waals surface area contributed by atoms with E-state index in [1.54, 1.807) is 0 Å². The highest BCUT2D eigenvalue weighted by atomic mass is 35.5. The molecule has 0 saturated carbocycles. The van der Waals surface area contributed by atoms with E-state index in [4.69, 9.17) is 16.3 Å². The number of thiazole rings is 1. The third-order valence-electron chi connectivity index (χ3n) is 3.56. The molecule has 0 saturated heterocycles. The van der Waals surface area contributed by atoms with Crippen LogP contribution in [0, 0.1) is 6.92 Å². The molecule has 128 valence electrons. The number of para-hydroxylation sites is 1. The first-order chi connectivity index (χ1) is 12.1. The third-order valence-corrected chi connectivity index (χ3v) is 5.00. The van der Waals surface area contributed by atoms with E-state index in [1.165, 1.54) is 11.3 Å². The Bertz CT molecular complexity index is 865. The van der Waals surface area contributed by atoms with Crippen molar-refractivity contribution in [1.29, 1.82) is 0 Å². The lowest BCUT2D eigenvalue weighted by Gasteiger charge is -2.05. The highest BCUT2D eigenvalue weighted by Crippen LogP contribution is 2.27. The van der Waals surface area contributed by atoms with Gasteiger partial charge < -0.3 is 4.74 Å². The van der Waals surface area contributed by atoms with Gasteiger partial charge in [0, 0.05) is 16.3 Å². The van der Waals surface area contributed by atoms with E-state index in [0.717, 1.165) is 21.2 Å². The van der Waals surface area contributed by atoms with Crippen molar-refractivity contribution in [2.75, 3.05) is 11.9 Å². The molecule has 0 radical (unpaired) electrons. The molecule has 1 aromatic heterocycles. The first-order valence-corrected chi connectivity index (χ1v) is 8.98. The number of hydrogen-bond acceptors (Lipinski definition) is 4. The monoisotopic (exact) mass is 372 g/mol. The molecule has 25 heavy (non-hydrogen) atoms. The molecule has 1 heterocycles. The van der Waals surface area contributed by atoms with Gasteiger partial charge in [0.1, 0.15) is 5.75 Å². The van der Waals surface area contributed by atoms with Crippen molar-refractivity contribution in [1.82, 2.24) is 4.98 Å². The molecular weight excluding hydrogens is 356 g/mol. The first kappa shape index (κ1) is 17.5. The van der Waals surface area contributed by atoms with Crippen LogP contribution in [-0.2, 0) is 11.2 Å². The molecule has 3 rings (SSSR count). The van der Waals surface area contributed by atoms with Gasteiger partial charge in [0.15, 0.2) is 11.7 Å². The number of rotatable bonds is 6. The summed E-state index contributed by atoms with van der Waals surface area (Å²) in [5.74, 6) is 0.425. The third kappa shape index (κ3) is 4.81. The predicted octanol–water partition coefficient (Wildman–Crippen LogP) is 4.71. The van der Waals surface area contributed by atoms with E-state index in [0.29, 0.717) is 17.3 Å². The number of carbonyl (C=O) groups is 1. The number of anilines is 1. The number of aryl methyl sites for hydroxylation is 1. The van der Waals surface area contributed by atoms with Crippen molar-refractivity contribution in [3.63, 3.8) is 0 Å². The van der Waals surface area contributed by atoms with Crippen LogP contribution in [0.1, 0.15) is 16.1 Å². The molecule has 0 atom stereocenters. The summed E-state index contributed by atoms with van der Waals surface area (Å²) in [4.78, 5) is 17.5. The van der Waals surface area contributed by atoms with Crippen molar-refractivity contribution in [3.8, 4) is 5.75 Å². The number of aromatic nitrogens is 1. The summed E-state index contributed by atoms with van der Waals surface area (Å²) in [5.41, 5.74) is 1.94. The minimum Gasteiger partial charge on any atom is -0.484 e. The van der Waals surface area contributed by atoms with Crippen molar-refractivity contribution >= 4 is 34.0 Å². The zero-order chi connectivity index (χ0) is 17.6. The number of ether oxygens (including phenoxy) is 1. The lowest BCUT2D eigenvalue weighted by atomic mass is 10.1. The van der Waals surface area contributed by atoms with Crippen LogP contribution >= 0.6 is 22.9 Å². The molecule has 0 fully saturated rings. The Balaban J connectivity index is 1.60. The number of amides is 1. The maximum absolute atomic E-state index is 12.0. The molecule has 0 aliphatic rings. The van der Waals surface area contributed by atoms with Gasteiger partial charge in [0.25, 0.3) is 5.91 Å². The van der Waals surface area contributed by atoms with Gasteiger partial charge in [-0.05, 0) is 30.7 Å². The van der Waals surface area contributed by atoms with Crippen molar-refractivity contribution in [2.45, 2.75) is 13.3 Å². The maximum atomic E-state index is 12.0. The molecule has 1 N–H and O–H groups in total. The molecule has 0 spiro atoms. The van der Waals surface area contributed by atoms with Gasteiger partial charge in [-0.25, -0.2) is 4.98 Å². The lowest BCUT2D eigenvalue weighted by molar-refractivity contribution is -0.118. The minimum atomic E-state index is -0.234. The van der Waals surface area contributed by atoms with E-state index in [2.05, 4.69) is 10.3 Å². The van der Waals surface area contributed by atoms with Crippen molar-refractivity contribution in [2.24, 2.45) is 0 Å². The number of carbonyl (C=O) groups excluding carboxylic acids is 1. The Morgan fingerprint density at radius 2 is 1.88 bits per heavy atom. The molecule has 0 bridgehead atoms. The fraction of sp³-hybridized carbons (Fsp3) is 0.158. The quantitative estimate of drug-likeness (QED) is 0.681.